The van der Waals surface area contributed by atoms with Gasteiger partial charge in [0.25, 0.3) is 0 Å². The molecule has 0 aliphatic rings. The number of hydrogen-bond acceptors (Lipinski definition) is 3. The van der Waals surface area contributed by atoms with E-state index in [1.165, 1.54) is 6.07 Å². The van der Waals surface area contributed by atoms with Gasteiger partial charge in [0.15, 0.2) is 6.61 Å². The van der Waals surface area contributed by atoms with Gasteiger partial charge >= 0.3 is 6.18 Å². The van der Waals surface area contributed by atoms with Crippen molar-refractivity contribution in [2.24, 2.45) is 0 Å². The van der Waals surface area contributed by atoms with Crippen LogP contribution in [0.3, 0.4) is 0 Å². The number of anilines is 1. The molecule has 0 aliphatic carbocycles. The Bertz CT molecular complexity index is 556. The van der Waals surface area contributed by atoms with E-state index in [0.717, 1.165) is 0 Å². The highest BCUT2D eigenvalue weighted by Crippen LogP contribution is 2.32. The largest absolute Gasteiger partial charge is 0.483 e. The third-order valence-corrected chi connectivity index (χ3v) is 2.37. The number of halogens is 3. The summed E-state index contributed by atoms with van der Waals surface area (Å²) >= 11 is 0. The molecule has 6 heteroatoms. The van der Waals surface area contributed by atoms with Gasteiger partial charge in [-0.1, -0.05) is 6.07 Å². The molecule has 0 fully saturated rings. The van der Waals surface area contributed by atoms with Crippen molar-refractivity contribution >= 4 is 5.69 Å². The molecule has 2 aromatic rings. The van der Waals surface area contributed by atoms with Gasteiger partial charge in [-0.3, -0.25) is 4.98 Å². The maximum absolute atomic E-state index is 12.2. The first-order valence-electron chi connectivity index (χ1n) is 5.45. The fourth-order valence-corrected chi connectivity index (χ4v) is 1.58. The Morgan fingerprint density at radius 3 is 2.63 bits per heavy atom. The third kappa shape index (κ3) is 3.61. The molecular weight excluding hydrogens is 257 g/mol. The number of ether oxygens (including phenoxy) is 1. The van der Waals surface area contributed by atoms with Gasteiger partial charge in [-0.15, -0.1) is 0 Å². The summed E-state index contributed by atoms with van der Waals surface area (Å²) in [7, 11) is 0. The fraction of sp³-hybridized carbons (Fsp3) is 0.154. The van der Waals surface area contributed by atoms with Crippen molar-refractivity contribution in [3.63, 3.8) is 0 Å². The van der Waals surface area contributed by atoms with Crippen molar-refractivity contribution in [1.82, 2.24) is 4.98 Å². The van der Waals surface area contributed by atoms with Gasteiger partial charge in [-0.25, -0.2) is 0 Å². The molecule has 1 heterocycles. The second-order valence-electron chi connectivity index (χ2n) is 3.90. The average molecular weight is 268 g/mol. The number of hydrogen-bond donors (Lipinski definition) is 1. The monoisotopic (exact) mass is 268 g/mol. The number of aromatic nitrogens is 1. The molecule has 0 amide bonds. The normalized spacial score (nSPS) is 11.3. The smallest absolute Gasteiger partial charge is 0.422 e. The lowest BCUT2D eigenvalue weighted by atomic mass is 10.1. The third-order valence-electron chi connectivity index (χ3n) is 2.37. The Balaban J connectivity index is 2.33. The zero-order valence-corrected chi connectivity index (χ0v) is 9.82. The second-order valence-corrected chi connectivity index (χ2v) is 3.90. The Labute approximate surface area is 107 Å². The topological polar surface area (TPSA) is 48.1 Å². The van der Waals surface area contributed by atoms with Crippen LogP contribution >= 0.6 is 0 Å². The Morgan fingerprint density at radius 2 is 2.00 bits per heavy atom. The molecule has 1 aromatic heterocycles. The summed E-state index contributed by atoms with van der Waals surface area (Å²) in [5, 5.41) is 0. The van der Waals surface area contributed by atoms with Crippen LogP contribution in [0.25, 0.3) is 11.1 Å². The van der Waals surface area contributed by atoms with Gasteiger partial charge in [0, 0.05) is 35.3 Å². The fourth-order valence-electron chi connectivity index (χ4n) is 1.58. The van der Waals surface area contributed by atoms with Crippen LogP contribution in [0.4, 0.5) is 18.9 Å². The molecule has 0 saturated heterocycles. The lowest BCUT2D eigenvalue weighted by Gasteiger charge is -2.13. The van der Waals surface area contributed by atoms with E-state index in [0.29, 0.717) is 16.8 Å². The zero-order chi connectivity index (χ0) is 13.9. The predicted molar refractivity (Wildman–Crippen MR) is 65.6 cm³/mol. The summed E-state index contributed by atoms with van der Waals surface area (Å²) in [6.07, 6.45) is -1.26. The Morgan fingerprint density at radius 1 is 1.21 bits per heavy atom. The molecule has 0 saturated carbocycles. The molecule has 0 radical (unpaired) electrons. The van der Waals surface area contributed by atoms with Crippen LogP contribution in [0, 0.1) is 0 Å². The minimum atomic E-state index is -4.39. The van der Waals surface area contributed by atoms with Crippen LogP contribution in [-0.2, 0) is 0 Å². The van der Waals surface area contributed by atoms with E-state index < -0.39 is 12.8 Å². The van der Waals surface area contributed by atoms with Gasteiger partial charge in [-0.2, -0.15) is 13.2 Å². The van der Waals surface area contributed by atoms with Gasteiger partial charge in [0.2, 0.25) is 0 Å². The second kappa shape index (κ2) is 5.17. The van der Waals surface area contributed by atoms with Crippen LogP contribution in [0.15, 0.2) is 42.7 Å². The minimum Gasteiger partial charge on any atom is -0.483 e. The molecule has 0 atom stereocenters. The predicted octanol–water partition coefficient (Wildman–Crippen LogP) is 3.27. The summed E-state index contributed by atoms with van der Waals surface area (Å²) < 4.78 is 41.4. The van der Waals surface area contributed by atoms with E-state index in [1.54, 1.807) is 36.7 Å². The molecule has 19 heavy (non-hydrogen) atoms. The first-order valence-corrected chi connectivity index (χ1v) is 5.45. The minimum absolute atomic E-state index is 0.0883. The maximum Gasteiger partial charge on any atom is 0.422 e. The molecule has 2 rings (SSSR count). The number of nitrogens with zero attached hydrogens (tertiary/aromatic N) is 1. The summed E-state index contributed by atoms with van der Waals surface area (Å²) in [4.78, 5) is 3.92. The molecule has 0 aliphatic heterocycles. The van der Waals surface area contributed by atoms with E-state index >= 15 is 0 Å². The van der Waals surface area contributed by atoms with E-state index in [-0.39, 0.29) is 5.75 Å². The molecule has 2 N–H and O–H groups in total. The van der Waals surface area contributed by atoms with Crippen LogP contribution < -0.4 is 10.5 Å². The van der Waals surface area contributed by atoms with Crippen LogP contribution in [0.5, 0.6) is 5.75 Å². The van der Waals surface area contributed by atoms with E-state index in [2.05, 4.69) is 4.98 Å². The standard InChI is InChI=1S/C13H11F3N2O/c14-13(15,16)8-19-12-6-10(17)3-4-11(12)9-2-1-5-18-7-9/h1-7H,8,17H2. The molecule has 0 bridgehead atoms. The number of pyridine rings is 1. The van der Waals surface area contributed by atoms with Crippen LogP contribution in [0.1, 0.15) is 0 Å². The summed E-state index contributed by atoms with van der Waals surface area (Å²) in [5.74, 6) is 0.0883. The van der Waals surface area contributed by atoms with Crippen molar-refractivity contribution in [3.05, 3.63) is 42.7 Å². The van der Waals surface area contributed by atoms with E-state index in [4.69, 9.17) is 10.5 Å². The van der Waals surface area contributed by atoms with E-state index in [9.17, 15) is 13.2 Å². The summed E-state index contributed by atoms with van der Waals surface area (Å²) in [5.41, 5.74) is 7.09. The van der Waals surface area contributed by atoms with Gasteiger partial charge in [0.1, 0.15) is 5.75 Å². The van der Waals surface area contributed by atoms with Crippen molar-refractivity contribution in [1.29, 1.82) is 0 Å². The van der Waals surface area contributed by atoms with Crippen molar-refractivity contribution in [2.75, 3.05) is 12.3 Å². The Hall–Kier alpha value is -2.24. The zero-order valence-electron chi connectivity index (χ0n) is 9.82. The summed E-state index contributed by atoms with van der Waals surface area (Å²) in [6, 6.07) is 8.01. The Kier molecular flexibility index (Phi) is 3.59. The molecular formula is C13H11F3N2O. The first kappa shape index (κ1) is 13.2. The van der Waals surface area contributed by atoms with Crippen molar-refractivity contribution in [3.8, 4) is 16.9 Å². The van der Waals surface area contributed by atoms with Gasteiger partial charge in [0.05, 0.1) is 0 Å². The number of alkyl halides is 3. The molecule has 100 valence electrons. The number of benzene rings is 1. The highest BCUT2D eigenvalue weighted by molar-refractivity contribution is 5.72. The van der Waals surface area contributed by atoms with Crippen molar-refractivity contribution < 1.29 is 17.9 Å². The lowest BCUT2D eigenvalue weighted by Crippen LogP contribution is -2.19. The van der Waals surface area contributed by atoms with Crippen molar-refractivity contribution in [2.45, 2.75) is 6.18 Å². The SMILES string of the molecule is Nc1ccc(-c2cccnc2)c(OCC(F)(F)F)c1. The molecule has 0 spiro atoms. The number of rotatable bonds is 3. The first-order chi connectivity index (χ1) is 8.96. The average Bonchev–Trinajstić information content (AvgIpc) is 2.37. The summed E-state index contributed by atoms with van der Waals surface area (Å²) in [6.45, 7) is -1.36. The highest BCUT2D eigenvalue weighted by Gasteiger charge is 2.28. The van der Waals surface area contributed by atoms with Crippen LogP contribution in [0.2, 0.25) is 0 Å². The quantitative estimate of drug-likeness (QED) is 0.869. The number of nitrogen functional groups attached to an aromatic ring is 1. The molecule has 0 unspecified atom stereocenters. The maximum atomic E-state index is 12.2. The van der Waals surface area contributed by atoms with Gasteiger partial charge in [-0.05, 0) is 18.2 Å². The van der Waals surface area contributed by atoms with E-state index in [1.807, 2.05) is 0 Å². The van der Waals surface area contributed by atoms with Crippen LogP contribution in [-0.4, -0.2) is 17.8 Å². The lowest BCUT2D eigenvalue weighted by molar-refractivity contribution is -0.153. The molecule has 1 aromatic carbocycles. The molecule has 3 nitrogen and oxygen atoms in total. The van der Waals surface area contributed by atoms with Gasteiger partial charge < -0.3 is 10.5 Å². The highest BCUT2D eigenvalue weighted by atomic mass is 19.4. The number of nitrogens with two attached hydrogens (primary N) is 1.